The third kappa shape index (κ3) is 7.81. The third-order valence-corrected chi connectivity index (χ3v) is 10.6. The molecule has 0 radical (unpaired) electrons. The lowest BCUT2D eigenvalue weighted by atomic mass is 9.62. The molecule has 5 rings (SSSR count). The van der Waals surface area contributed by atoms with Crippen molar-refractivity contribution < 1.29 is 43.3 Å². The Balaban J connectivity index is 0.000000490. The molecule has 2 aromatic rings. The second-order valence-corrected chi connectivity index (χ2v) is 13.7. The highest BCUT2D eigenvalue weighted by Gasteiger charge is 2.74. The molecule has 270 valence electrons. The van der Waals surface area contributed by atoms with Crippen LogP contribution in [0.25, 0.3) is 11.2 Å². The van der Waals surface area contributed by atoms with Crippen LogP contribution in [0.2, 0.25) is 0 Å². The van der Waals surface area contributed by atoms with Gasteiger partial charge in [-0.05, 0) is 83.2 Å². The number of carbonyl (C=O) groups is 5. The minimum absolute atomic E-state index is 0.216. The lowest BCUT2D eigenvalue weighted by Gasteiger charge is -2.54. The largest absolute Gasteiger partial charge is 0.480 e. The summed E-state index contributed by atoms with van der Waals surface area (Å²) in [7, 11) is 1.31. The van der Waals surface area contributed by atoms with Crippen molar-refractivity contribution in [2.75, 3.05) is 13.7 Å². The summed E-state index contributed by atoms with van der Waals surface area (Å²) < 4.78 is 17.1. The van der Waals surface area contributed by atoms with Crippen LogP contribution in [0, 0.1) is 11.3 Å². The number of ether oxygens (including phenoxy) is 3. The monoisotopic (exact) mass is 712 g/mol. The number of hydrogen-bond acceptors (Lipinski definition) is 14. The van der Waals surface area contributed by atoms with Crippen molar-refractivity contribution in [3.05, 3.63) is 48.1 Å². The van der Waals surface area contributed by atoms with Crippen LogP contribution >= 0.6 is 11.8 Å². The van der Waals surface area contributed by atoms with E-state index in [4.69, 9.17) is 30.8 Å². The van der Waals surface area contributed by atoms with Gasteiger partial charge in [0.15, 0.2) is 5.65 Å². The van der Waals surface area contributed by atoms with Gasteiger partial charge in [-0.1, -0.05) is 24.6 Å². The lowest BCUT2D eigenvalue weighted by Crippen LogP contribution is -2.65. The first-order valence-electron chi connectivity index (χ1n) is 16.3. The molecule has 15 nitrogen and oxygen atoms in total. The van der Waals surface area contributed by atoms with Gasteiger partial charge in [0, 0.05) is 24.0 Å². The number of aliphatic carboxylic acids is 1. The Labute approximate surface area is 293 Å². The number of methoxy groups -OCH3 is 1. The number of rotatable bonds is 11. The van der Waals surface area contributed by atoms with E-state index in [2.05, 4.69) is 19.9 Å². The highest BCUT2D eigenvalue weighted by atomic mass is 32.2. The highest BCUT2D eigenvalue weighted by molar-refractivity contribution is 8.14. The fourth-order valence-corrected chi connectivity index (χ4v) is 7.83. The van der Waals surface area contributed by atoms with Crippen molar-refractivity contribution >= 4 is 51.9 Å². The summed E-state index contributed by atoms with van der Waals surface area (Å²) in [5.41, 5.74) is 9.05. The molecule has 1 saturated carbocycles. The number of allylic oxidation sites excluding steroid dienone is 3. The first-order valence-corrected chi connectivity index (χ1v) is 17.2. The summed E-state index contributed by atoms with van der Waals surface area (Å²) in [5, 5.41) is 8.58. The Bertz CT molecular complexity index is 1720. The summed E-state index contributed by atoms with van der Waals surface area (Å²) >= 11 is 0.960. The number of fused-ring (bicyclic) bond motifs is 1. The average Bonchev–Trinajstić information content (AvgIpc) is 3.61. The Morgan fingerprint density at radius 2 is 1.96 bits per heavy atom. The molecule has 1 aliphatic heterocycles. The fraction of sp³-hybridized carbons (Fsp3) is 0.529. The van der Waals surface area contributed by atoms with Crippen molar-refractivity contribution in [1.82, 2.24) is 19.9 Å². The van der Waals surface area contributed by atoms with Gasteiger partial charge in [-0.2, -0.15) is 0 Å². The van der Waals surface area contributed by atoms with Crippen molar-refractivity contribution in [2.45, 2.75) is 94.4 Å². The Hall–Kier alpha value is -4.41. The smallest absolute Gasteiger partial charge is 0.333 e. The number of carboxylic acids is 1. The molecular weight excluding hydrogens is 668 g/mol. The molecule has 1 saturated heterocycles. The van der Waals surface area contributed by atoms with E-state index in [1.54, 1.807) is 38.2 Å². The van der Waals surface area contributed by atoms with Crippen LogP contribution in [0.3, 0.4) is 0 Å². The second-order valence-electron chi connectivity index (χ2n) is 12.8. The third-order valence-electron chi connectivity index (χ3n) is 9.62. The molecule has 16 heteroatoms. The number of nitrogens with two attached hydrogens (primary N) is 2. The number of aromatic amines is 1. The molecule has 0 amide bonds. The minimum atomic E-state index is -1.15. The van der Waals surface area contributed by atoms with Gasteiger partial charge >= 0.3 is 23.9 Å². The Kier molecular flexibility index (Phi) is 12.3. The maximum atomic E-state index is 13.7. The number of thioether (sulfide) groups is 1. The number of nitrogens with zero attached hydrogens (tertiary/aromatic N) is 3. The molecule has 2 fully saturated rings. The van der Waals surface area contributed by atoms with Gasteiger partial charge < -0.3 is 35.8 Å². The van der Waals surface area contributed by atoms with Crippen LogP contribution in [0.1, 0.15) is 72.1 Å². The van der Waals surface area contributed by atoms with Crippen LogP contribution in [-0.2, 0) is 38.2 Å². The predicted molar refractivity (Wildman–Crippen MR) is 182 cm³/mol. The molecule has 2 aliphatic carbocycles. The first-order chi connectivity index (χ1) is 23.7. The molecule has 6 N–H and O–H groups in total. The molecule has 5 atom stereocenters. The zero-order valence-corrected chi connectivity index (χ0v) is 29.4. The molecule has 2 aromatic heterocycles. The van der Waals surface area contributed by atoms with E-state index >= 15 is 0 Å². The second kappa shape index (κ2) is 16.1. The normalized spacial score (nSPS) is 26.5. The maximum Gasteiger partial charge on any atom is 0.333 e. The first kappa shape index (κ1) is 38.4. The standard InChI is InChI=1S/C28H30N4O7S.C6H14N2O2/c1-16(24(35)40-22-20-21(30-14-29-20)31-15-32-22)6-5-10-26(3)19-9-12-27(25(36)39-26)11-7-18(23(34)37-4)8-13-28(19,27)38-17(2)33;7-4-2-1-3-5(8)6(9)10/h5-7,10,14-15,19H,8-9,11-13H2,1-4H3,(H,29,30,31,32);5H,1-4,7-8H2,(H,9,10)/b10-5+,16-6+;/t19-,26+,27+,28-;/m0./s1. The van der Waals surface area contributed by atoms with Crippen LogP contribution in [-0.4, -0.2) is 84.9 Å². The van der Waals surface area contributed by atoms with E-state index in [1.165, 1.54) is 26.7 Å². The number of hydrogen-bond donors (Lipinski definition) is 4. The summed E-state index contributed by atoms with van der Waals surface area (Å²) in [5.74, 6) is -2.70. The fourth-order valence-electron chi connectivity index (χ4n) is 7.07. The highest BCUT2D eigenvalue weighted by Crippen LogP contribution is 2.65. The summed E-state index contributed by atoms with van der Waals surface area (Å²) in [6.45, 7) is 5.42. The zero-order chi connectivity index (χ0) is 36.7. The maximum absolute atomic E-state index is 13.7. The lowest BCUT2D eigenvalue weighted by molar-refractivity contribution is -0.235. The van der Waals surface area contributed by atoms with Crippen LogP contribution in [0.15, 0.2) is 53.1 Å². The molecule has 0 spiro atoms. The van der Waals surface area contributed by atoms with Gasteiger partial charge in [0.25, 0.3) is 0 Å². The van der Waals surface area contributed by atoms with Crippen LogP contribution in [0.4, 0.5) is 0 Å². The van der Waals surface area contributed by atoms with Crippen molar-refractivity contribution in [3.63, 3.8) is 0 Å². The van der Waals surface area contributed by atoms with E-state index < -0.39 is 46.5 Å². The van der Waals surface area contributed by atoms with Crippen molar-refractivity contribution in [2.24, 2.45) is 22.8 Å². The van der Waals surface area contributed by atoms with E-state index in [-0.39, 0.29) is 17.5 Å². The molecule has 2 bridgehead atoms. The SMILES string of the molecule is COC(=O)C1=CC[C@@]23CC[C@@H]([C@@](C)(/C=C/C=C(\C)C(=O)Sc4ncnc5nc[nH]c45)OC2=O)[C@@]3(OC(C)=O)CC1.NCCCCC(N)C(=O)O. The van der Waals surface area contributed by atoms with E-state index in [9.17, 15) is 24.0 Å². The summed E-state index contributed by atoms with van der Waals surface area (Å²) in [6, 6.07) is -0.716. The van der Waals surface area contributed by atoms with Crippen LogP contribution in [0.5, 0.6) is 0 Å². The average molecular weight is 713 g/mol. The number of nitrogens with one attached hydrogen (secondary N) is 1. The molecule has 1 unspecified atom stereocenters. The Morgan fingerprint density at radius 1 is 1.20 bits per heavy atom. The number of unbranched alkanes of at least 4 members (excludes halogenated alkanes) is 1. The number of esters is 3. The van der Waals surface area contributed by atoms with Crippen molar-refractivity contribution in [1.29, 1.82) is 0 Å². The van der Waals surface area contributed by atoms with E-state index in [1.807, 2.05) is 0 Å². The number of cyclic esters (lactones) is 1. The van der Waals surface area contributed by atoms with Gasteiger partial charge in [-0.25, -0.2) is 19.7 Å². The predicted octanol–water partition coefficient (Wildman–Crippen LogP) is 3.30. The number of carboxylic acid groups (broad SMARTS) is 1. The van der Waals surface area contributed by atoms with Crippen LogP contribution < -0.4 is 11.5 Å². The quantitative estimate of drug-likeness (QED) is 0.0497. The number of imidazole rings is 1. The number of H-pyrrole nitrogens is 1. The molecule has 3 aliphatic rings. The molecular formula is C34H44N6O9S. The number of aromatic nitrogens is 4. The minimum Gasteiger partial charge on any atom is -0.480 e. The van der Waals surface area contributed by atoms with Gasteiger partial charge in [0.2, 0.25) is 5.12 Å². The molecule has 0 aromatic carbocycles. The van der Waals surface area contributed by atoms with Gasteiger partial charge in [-0.15, -0.1) is 0 Å². The van der Waals surface area contributed by atoms with Crippen molar-refractivity contribution in [3.8, 4) is 0 Å². The van der Waals surface area contributed by atoms with Gasteiger partial charge in [0.1, 0.15) is 39.5 Å². The Morgan fingerprint density at radius 3 is 2.64 bits per heavy atom. The summed E-state index contributed by atoms with van der Waals surface area (Å²) in [6.07, 6.45) is 13.7. The topological polar surface area (TPSA) is 240 Å². The van der Waals surface area contributed by atoms with E-state index in [0.29, 0.717) is 66.0 Å². The molecule has 3 heterocycles. The van der Waals surface area contributed by atoms with Gasteiger partial charge in [0.05, 0.1) is 13.4 Å². The number of carbonyl (C=O) groups excluding carboxylic acids is 4. The van der Waals surface area contributed by atoms with E-state index in [0.717, 1.165) is 24.6 Å². The zero-order valence-electron chi connectivity index (χ0n) is 28.6. The molecule has 50 heavy (non-hydrogen) atoms. The van der Waals surface area contributed by atoms with Gasteiger partial charge in [-0.3, -0.25) is 19.2 Å². The summed E-state index contributed by atoms with van der Waals surface area (Å²) in [4.78, 5) is 76.8.